The van der Waals surface area contributed by atoms with Gasteiger partial charge in [0.1, 0.15) is 11.4 Å². The van der Waals surface area contributed by atoms with E-state index < -0.39 is 5.54 Å². The van der Waals surface area contributed by atoms with Crippen molar-refractivity contribution in [1.29, 1.82) is 0 Å². The highest BCUT2D eigenvalue weighted by molar-refractivity contribution is 6.06. The molecule has 0 unspecified atom stereocenters. The Kier molecular flexibility index (Phi) is 3.54. The fourth-order valence-corrected chi connectivity index (χ4v) is 3.15. The van der Waals surface area contributed by atoms with Crippen molar-refractivity contribution in [3.05, 3.63) is 29.6 Å². The number of carbonyl (C=O) groups is 2. The normalized spacial score (nSPS) is 20.1. The average Bonchev–Trinajstić information content (AvgIpc) is 2.65. The molecule has 22 heavy (non-hydrogen) atoms. The summed E-state index contributed by atoms with van der Waals surface area (Å²) in [5.74, 6) is -0.474. The van der Waals surface area contributed by atoms with Crippen LogP contribution in [0.15, 0.2) is 18.2 Å². The van der Waals surface area contributed by atoms with Gasteiger partial charge in [0.05, 0.1) is 5.69 Å². The van der Waals surface area contributed by atoms with Crippen LogP contribution in [0.3, 0.4) is 0 Å². The van der Waals surface area contributed by atoms with Crippen molar-refractivity contribution in [3.8, 4) is 0 Å². The molecule has 1 saturated heterocycles. The molecule has 3 amide bonds. The lowest BCUT2D eigenvalue weighted by molar-refractivity contribution is -0.130. The quantitative estimate of drug-likeness (QED) is 0.868. The van der Waals surface area contributed by atoms with E-state index in [9.17, 15) is 14.0 Å². The van der Waals surface area contributed by atoms with Crippen LogP contribution in [0, 0.1) is 5.82 Å². The van der Waals surface area contributed by atoms with Crippen LogP contribution < -0.4 is 10.2 Å². The Morgan fingerprint density at radius 1 is 1.27 bits per heavy atom. The van der Waals surface area contributed by atoms with Crippen LogP contribution in [0.2, 0.25) is 0 Å². The Bertz CT molecular complexity index is 630. The Labute approximate surface area is 129 Å². The van der Waals surface area contributed by atoms with E-state index >= 15 is 0 Å². The van der Waals surface area contributed by atoms with Crippen LogP contribution in [0.4, 0.5) is 14.9 Å². The zero-order valence-corrected chi connectivity index (χ0v) is 12.9. The predicted octanol–water partition coefficient (Wildman–Crippen LogP) is 1.91. The molecule has 0 radical (unpaired) electrons. The van der Waals surface area contributed by atoms with E-state index in [0.717, 1.165) is 24.9 Å². The molecule has 1 aromatic rings. The minimum atomic E-state index is -0.859. The number of nitrogens with one attached hydrogen (secondary N) is 1. The SMILES string of the molecule is CC1(C)NC(=O)N(CCN2CCCc3cccc(F)c32)C1=O. The van der Waals surface area contributed by atoms with Gasteiger partial charge in [-0.1, -0.05) is 12.1 Å². The molecule has 6 heteroatoms. The van der Waals surface area contributed by atoms with Crippen molar-refractivity contribution >= 4 is 17.6 Å². The lowest BCUT2D eigenvalue weighted by Crippen LogP contribution is -2.42. The first-order valence-corrected chi connectivity index (χ1v) is 7.56. The fraction of sp³-hybridized carbons (Fsp3) is 0.500. The third-order valence-electron chi connectivity index (χ3n) is 4.30. The number of aryl methyl sites for hydroxylation is 1. The van der Waals surface area contributed by atoms with E-state index in [1.165, 1.54) is 11.0 Å². The molecule has 1 aromatic carbocycles. The number of halogens is 1. The predicted molar refractivity (Wildman–Crippen MR) is 81.3 cm³/mol. The van der Waals surface area contributed by atoms with Crippen molar-refractivity contribution in [2.45, 2.75) is 32.2 Å². The zero-order chi connectivity index (χ0) is 15.9. The number of para-hydroxylation sites is 1. The number of rotatable bonds is 3. The van der Waals surface area contributed by atoms with Crippen molar-refractivity contribution in [2.24, 2.45) is 0 Å². The number of anilines is 1. The third-order valence-corrected chi connectivity index (χ3v) is 4.30. The minimum absolute atomic E-state index is 0.233. The average molecular weight is 305 g/mol. The van der Waals surface area contributed by atoms with Crippen LogP contribution in [0.5, 0.6) is 0 Å². The molecule has 1 N–H and O–H groups in total. The van der Waals surface area contributed by atoms with Crippen LogP contribution in [0.1, 0.15) is 25.8 Å². The smallest absolute Gasteiger partial charge is 0.325 e. The summed E-state index contributed by atoms with van der Waals surface area (Å²) in [4.78, 5) is 27.2. The van der Waals surface area contributed by atoms with Gasteiger partial charge in [0.25, 0.3) is 5.91 Å². The van der Waals surface area contributed by atoms with Gasteiger partial charge in [-0.25, -0.2) is 9.18 Å². The first kappa shape index (κ1) is 14.8. The number of carbonyl (C=O) groups excluding carboxylic acids is 2. The van der Waals surface area contributed by atoms with E-state index in [1.807, 2.05) is 11.0 Å². The van der Waals surface area contributed by atoms with Crippen LogP contribution in [0.25, 0.3) is 0 Å². The molecule has 0 bridgehead atoms. The Hall–Kier alpha value is -2.11. The molecule has 5 nitrogen and oxygen atoms in total. The summed E-state index contributed by atoms with van der Waals surface area (Å²) in [6, 6.07) is 4.73. The highest BCUT2D eigenvalue weighted by Crippen LogP contribution is 2.29. The molecule has 2 aliphatic rings. The second kappa shape index (κ2) is 5.26. The topological polar surface area (TPSA) is 52.7 Å². The van der Waals surface area contributed by atoms with Gasteiger partial charge in [0, 0.05) is 19.6 Å². The summed E-state index contributed by atoms with van der Waals surface area (Å²) < 4.78 is 14.1. The molecular formula is C16H20FN3O2. The van der Waals surface area contributed by atoms with Crippen LogP contribution in [-0.2, 0) is 11.2 Å². The van der Waals surface area contributed by atoms with Gasteiger partial charge in [0.15, 0.2) is 0 Å². The Morgan fingerprint density at radius 3 is 2.73 bits per heavy atom. The Balaban J connectivity index is 1.74. The largest absolute Gasteiger partial charge is 0.367 e. The van der Waals surface area contributed by atoms with Crippen molar-refractivity contribution in [3.63, 3.8) is 0 Å². The number of hydrogen-bond acceptors (Lipinski definition) is 3. The van der Waals surface area contributed by atoms with Gasteiger partial charge in [-0.3, -0.25) is 9.69 Å². The summed E-state index contributed by atoms with van der Waals surface area (Å²) in [5, 5.41) is 2.66. The highest BCUT2D eigenvalue weighted by atomic mass is 19.1. The van der Waals surface area contributed by atoms with E-state index in [0.29, 0.717) is 12.2 Å². The molecule has 2 heterocycles. The van der Waals surface area contributed by atoms with Gasteiger partial charge in [-0.05, 0) is 38.3 Å². The first-order valence-electron chi connectivity index (χ1n) is 7.56. The molecule has 1 fully saturated rings. The summed E-state index contributed by atoms with van der Waals surface area (Å²) in [5.41, 5.74) is 0.742. The maximum Gasteiger partial charge on any atom is 0.325 e. The molecular weight excluding hydrogens is 285 g/mol. The van der Waals surface area contributed by atoms with Gasteiger partial charge in [-0.15, -0.1) is 0 Å². The van der Waals surface area contributed by atoms with Crippen molar-refractivity contribution < 1.29 is 14.0 Å². The monoisotopic (exact) mass is 305 g/mol. The summed E-state index contributed by atoms with van der Waals surface area (Å²) in [7, 11) is 0. The molecule has 0 aliphatic carbocycles. The van der Waals surface area contributed by atoms with Crippen molar-refractivity contribution in [2.75, 3.05) is 24.5 Å². The van der Waals surface area contributed by atoms with E-state index in [4.69, 9.17) is 0 Å². The lowest BCUT2D eigenvalue weighted by atomic mass is 10.0. The maximum atomic E-state index is 14.1. The van der Waals surface area contributed by atoms with Gasteiger partial charge in [0.2, 0.25) is 0 Å². The molecule has 3 rings (SSSR count). The first-order chi connectivity index (χ1) is 10.4. The molecule has 0 atom stereocenters. The maximum absolute atomic E-state index is 14.1. The minimum Gasteiger partial charge on any atom is -0.367 e. The number of amides is 3. The molecule has 0 spiro atoms. The zero-order valence-electron chi connectivity index (χ0n) is 12.9. The molecule has 2 aliphatic heterocycles. The highest BCUT2D eigenvalue weighted by Gasteiger charge is 2.44. The Morgan fingerprint density at radius 2 is 2.05 bits per heavy atom. The number of hydrogen-bond donors (Lipinski definition) is 1. The molecule has 0 saturated carbocycles. The van der Waals surface area contributed by atoms with Crippen molar-refractivity contribution in [1.82, 2.24) is 10.2 Å². The van der Waals surface area contributed by atoms with Gasteiger partial charge >= 0.3 is 6.03 Å². The van der Waals surface area contributed by atoms with Gasteiger partial charge < -0.3 is 10.2 Å². The van der Waals surface area contributed by atoms with E-state index in [-0.39, 0.29) is 24.3 Å². The van der Waals surface area contributed by atoms with Crippen LogP contribution in [-0.4, -0.2) is 42.0 Å². The summed E-state index contributed by atoms with van der Waals surface area (Å²) >= 11 is 0. The van der Waals surface area contributed by atoms with E-state index in [2.05, 4.69) is 5.32 Å². The lowest BCUT2D eigenvalue weighted by Gasteiger charge is -2.32. The number of urea groups is 1. The van der Waals surface area contributed by atoms with Gasteiger partial charge in [-0.2, -0.15) is 0 Å². The summed E-state index contributed by atoms with van der Waals surface area (Å²) in [6.07, 6.45) is 1.81. The standard InChI is InChI=1S/C16H20FN3O2/c1-16(2)14(21)20(15(22)18-16)10-9-19-8-4-6-11-5-3-7-12(17)13(11)19/h3,5,7H,4,6,8-10H2,1-2H3,(H,18,22). The number of imide groups is 1. The summed E-state index contributed by atoms with van der Waals surface area (Å²) in [6.45, 7) is 4.82. The van der Waals surface area contributed by atoms with Crippen LogP contribution >= 0.6 is 0 Å². The second-order valence-electron chi connectivity index (χ2n) is 6.35. The second-order valence-corrected chi connectivity index (χ2v) is 6.35. The number of fused-ring (bicyclic) bond motifs is 1. The molecule has 118 valence electrons. The third kappa shape index (κ3) is 2.42. The van der Waals surface area contributed by atoms with E-state index in [1.54, 1.807) is 19.9 Å². The number of nitrogens with zero attached hydrogens (tertiary/aromatic N) is 2. The fourth-order valence-electron chi connectivity index (χ4n) is 3.15. The number of benzene rings is 1. The molecule has 0 aromatic heterocycles.